The number of hydrogen-bond acceptors (Lipinski definition) is 7. The van der Waals surface area contributed by atoms with Gasteiger partial charge in [0.15, 0.2) is 0 Å². The minimum absolute atomic E-state index is 0.000114. The lowest BCUT2D eigenvalue weighted by Crippen LogP contribution is -2.38. The Hall–Kier alpha value is -3.63. The minimum Gasteiger partial charge on any atom is -0.497 e. The van der Waals surface area contributed by atoms with Crippen LogP contribution in [0, 0.1) is 6.92 Å². The molecule has 1 unspecified atom stereocenters. The van der Waals surface area contributed by atoms with E-state index in [0.717, 1.165) is 21.5 Å². The van der Waals surface area contributed by atoms with Gasteiger partial charge in [0.1, 0.15) is 27.3 Å². The Morgan fingerprint density at radius 2 is 2.06 bits per heavy atom. The first-order valence-electron chi connectivity index (χ1n) is 9.83. The molecule has 1 amide bonds. The Labute approximate surface area is 186 Å². The van der Waals surface area contributed by atoms with E-state index in [0.29, 0.717) is 39.4 Å². The van der Waals surface area contributed by atoms with Crippen LogP contribution < -0.4 is 15.4 Å². The van der Waals surface area contributed by atoms with E-state index in [9.17, 15) is 14.7 Å². The molecule has 1 atom stereocenters. The smallest absolute Gasteiger partial charge is 0.352 e. The van der Waals surface area contributed by atoms with Crippen molar-refractivity contribution in [2.24, 2.45) is 0 Å². The number of carboxylic acid groups (broad SMARTS) is 1. The summed E-state index contributed by atoms with van der Waals surface area (Å²) in [6.07, 6.45) is -0.767. The third kappa shape index (κ3) is 3.07. The predicted molar refractivity (Wildman–Crippen MR) is 121 cm³/mol. The zero-order valence-electron chi connectivity index (χ0n) is 17.5. The Balaban J connectivity index is 1.71. The Morgan fingerprint density at radius 3 is 2.78 bits per heavy atom. The number of aromatic nitrogens is 2. The second kappa shape index (κ2) is 7.50. The quantitative estimate of drug-likeness (QED) is 0.363. The number of carbonyl (C=O) groups excluding carboxylic acids is 1. The van der Waals surface area contributed by atoms with E-state index in [-0.39, 0.29) is 11.6 Å². The maximum absolute atomic E-state index is 13.1. The van der Waals surface area contributed by atoms with Gasteiger partial charge in [0.05, 0.1) is 19.4 Å². The number of methoxy groups -OCH3 is 2. The maximum atomic E-state index is 13.1. The van der Waals surface area contributed by atoms with Gasteiger partial charge in [-0.25, -0.2) is 9.78 Å². The van der Waals surface area contributed by atoms with Crippen molar-refractivity contribution in [1.29, 1.82) is 0 Å². The molecule has 0 aliphatic carbocycles. The number of benzene rings is 1. The number of thiophene rings is 1. The molecule has 0 spiro atoms. The number of anilines is 1. The average molecular weight is 452 g/mol. The van der Waals surface area contributed by atoms with Gasteiger partial charge in [-0.1, -0.05) is 0 Å². The van der Waals surface area contributed by atoms with Crippen molar-refractivity contribution in [1.82, 2.24) is 15.3 Å². The number of fused-ring (bicyclic) bond motifs is 4. The summed E-state index contributed by atoms with van der Waals surface area (Å²) in [5.74, 6) is -0.827. The largest absolute Gasteiger partial charge is 0.497 e. The molecule has 9 nitrogen and oxygen atoms in total. The van der Waals surface area contributed by atoms with Gasteiger partial charge in [0.2, 0.25) is 0 Å². The highest BCUT2D eigenvalue weighted by atomic mass is 32.1. The third-order valence-electron chi connectivity index (χ3n) is 5.49. The molecule has 3 aromatic heterocycles. The highest BCUT2D eigenvalue weighted by Gasteiger charge is 2.34. The third-order valence-corrected chi connectivity index (χ3v) is 6.57. The SMILES string of the molecule is COCc1cc(C)nc2sc3c(c12)NC(c1c(C(=O)O)[nH]c2ccc(OC)cc12)NC3=O. The zero-order valence-corrected chi connectivity index (χ0v) is 18.3. The fraction of sp³-hybridized carbons (Fsp3) is 0.227. The van der Waals surface area contributed by atoms with Crippen LogP contribution >= 0.6 is 11.3 Å². The summed E-state index contributed by atoms with van der Waals surface area (Å²) in [5, 5.41) is 17.6. The predicted octanol–water partition coefficient (Wildman–Crippen LogP) is 3.79. The Bertz CT molecular complexity index is 1410. The van der Waals surface area contributed by atoms with Crippen molar-refractivity contribution in [2.45, 2.75) is 19.7 Å². The normalized spacial score (nSPS) is 15.5. The van der Waals surface area contributed by atoms with Crippen LogP contribution in [-0.2, 0) is 11.3 Å². The van der Waals surface area contributed by atoms with E-state index in [2.05, 4.69) is 20.6 Å². The topological polar surface area (TPSA) is 126 Å². The van der Waals surface area contributed by atoms with Crippen LogP contribution in [0.3, 0.4) is 0 Å². The van der Waals surface area contributed by atoms with E-state index < -0.39 is 12.1 Å². The van der Waals surface area contributed by atoms with Gasteiger partial charge in [0, 0.05) is 34.7 Å². The minimum atomic E-state index is -1.12. The van der Waals surface area contributed by atoms with E-state index in [1.807, 2.05) is 13.0 Å². The number of aromatic carboxylic acids is 1. The summed E-state index contributed by atoms with van der Waals surface area (Å²) in [5.41, 5.74) is 3.43. The standard InChI is InChI=1S/C22H20N4O5S/c1-9-6-10(8-30-2)14-16-18(32-21(14)23-9)20(27)26-19(25-16)15-12-7-11(31-3)4-5-13(12)24-17(15)22(28)29/h4-7,19,24-25H,8H2,1-3H3,(H,26,27)(H,28,29). The first kappa shape index (κ1) is 20.3. The number of hydrogen-bond donors (Lipinski definition) is 4. The van der Waals surface area contributed by atoms with Crippen LogP contribution in [0.1, 0.15) is 43.1 Å². The van der Waals surface area contributed by atoms with Gasteiger partial charge in [-0.15, -0.1) is 11.3 Å². The molecule has 32 heavy (non-hydrogen) atoms. The molecule has 1 aliphatic rings. The van der Waals surface area contributed by atoms with Crippen molar-refractivity contribution in [3.8, 4) is 5.75 Å². The highest BCUT2D eigenvalue weighted by Crippen LogP contribution is 2.43. The molecule has 10 heteroatoms. The van der Waals surface area contributed by atoms with Gasteiger partial charge in [-0.3, -0.25) is 4.79 Å². The lowest BCUT2D eigenvalue weighted by molar-refractivity contribution is 0.0688. The van der Waals surface area contributed by atoms with Crippen molar-refractivity contribution in [3.63, 3.8) is 0 Å². The molecule has 0 radical (unpaired) electrons. The molecular formula is C22H20N4O5S. The molecule has 1 aromatic carbocycles. The molecule has 164 valence electrons. The van der Waals surface area contributed by atoms with Gasteiger partial charge in [0.25, 0.3) is 5.91 Å². The summed E-state index contributed by atoms with van der Waals surface area (Å²) >= 11 is 1.30. The van der Waals surface area contributed by atoms with Crippen LogP contribution in [0.5, 0.6) is 5.75 Å². The molecule has 5 rings (SSSR count). The number of nitrogens with zero attached hydrogens (tertiary/aromatic N) is 1. The molecule has 0 bridgehead atoms. The highest BCUT2D eigenvalue weighted by molar-refractivity contribution is 7.21. The number of amides is 1. The molecule has 4 aromatic rings. The summed E-state index contributed by atoms with van der Waals surface area (Å²) in [6, 6.07) is 7.19. The van der Waals surface area contributed by atoms with Gasteiger partial charge in [-0.2, -0.15) is 0 Å². The second-order valence-corrected chi connectivity index (χ2v) is 8.52. The van der Waals surface area contributed by atoms with Crippen molar-refractivity contribution < 1.29 is 24.2 Å². The monoisotopic (exact) mass is 452 g/mol. The average Bonchev–Trinajstić information content (AvgIpc) is 3.32. The lowest BCUT2D eigenvalue weighted by atomic mass is 10.0. The van der Waals surface area contributed by atoms with Gasteiger partial charge >= 0.3 is 5.97 Å². The van der Waals surface area contributed by atoms with Crippen LogP contribution in [0.4, 0.5) is 5.69 Å². The van der Waals surface area contributed by atoms with Crippen LogP contribution in [0.25, 0.3) is 21.1 Å². The number of ether oxygens (including phenoxy) is 2. The number of aryl methyl sites for hydroxylation is 1. The number of nitrogens with one attached hydrogen (secondary N) is 3. The fourth-order valence-electron chi connectivity index (χ4n) is 4.19. The number of pyridine rings is 1. The molecular weight excluding hydrogens is 432 g/mol. The summed E-state index contributed by atoms with van der Waals surface area (Å²) < 4.78 is 10.7. The second-order valence-electron chi connectivity index (χ2n) is 7.52. The summed E-state index contributed by atoms with van der Waals surface area (Å²) in [6.45, 7) is 2.26. The first-order valence-corrected chi connectivity index (χ1v) is 10.6. The number of H-pyrrole nitrogens is 1. The molecule has 4 heterocycles. The van der Waals surface area contributed by atoms with Crippen LogP contribution in [-0.4, -0.2) is 41.2 Å². The lowest BCUT2D eigenvalue weighted by Gasteiger charge is -2.27. The fourth-order valence-corrected chi connectivity index (χ4v) is 5.32. The maximum Gasteiger partial charge on any atom is 0.352 e. The van der Waals surface area contributed by atoms with E-state index in [4.69, 9.17) is 9.47 Å². The number of carboxylic acids is 1. The Morgan fingerprint density at radius 1 is 1.25 bits per heavy atom. The molecule has 0 saturated heterocycles. The van der Waals surface area contributed by atoms with Gasteiger partial charge in [-0.05, 0) is 36.8 Å². The summed E-state index contributed by atoms with van der Waals surface area (Å²) in [4.78, 5) is 33.9. The first-order chi connectivity index (χ1) is 15.4. The van der Waals surface area contributed by atoms with Crippen LogP contribution in [0.2, 0.25) is 0 Å². The molecule has 0 saturated carbocycles. The van der Waals surface area contributed by atoms with Crippen LogP contribution in [0.15, 0.2) is 24.3 Å². The Kier molecular flexibility index (Phi) is 4.75. The van der Waals surface area contributed by atoms with Crippen molar-refractivity contribution in [3.05, 3.63) is 51.7 Å². The van der Waals surface area contributed by atoms with Crippen molar-refractivity contribution in [2.75, 3.05) is 19.5 Å². The number of rotatable bonds is 5. The number of carbonyl (C=O) groups is 2. The summed E-state index contributed by atoms with van der Waals surface area (Å²) in [7, 11) is 3.16. The zero-order chi connectivity index (χ0) is 22.6. The van der Waals surface area contributed by atoms with Crippen molar-refractivity contribution >= 4 is 50.0 Å². The van der Waals surface area contributed by atoms with Gasteiger partial charge < -0.3 is 30.2 Å². The van der Waals surface area contributed by atoms with E-state index in [1.54, 1.807) is 32.4 Å². The van der Waals surface area contributed by atoms with E-state index in [1.165, 1.54) is 11.3 Å². The molecule has 0 fully saturated rings. The molecule has 4 N–H and O–H groups in total. The molecule has 1 aliphatic heterocycles. The van der Waals surface area contributed by atoms with E-state index >= 15 is 0 Å². The number of aromatic amines is 1.